The summed E-state index contributed by atoms with van der Waals surface area (Å²) in [6.45, 7) is 15.1. The summed E-state index contributed by atoms with van der Waals surface area (Å²) in [6.07, 6.45) is 3.32. The normalized spacial score (nSPS) is 25.8. The Balaban J connectivity index is 3.37. The van der Waals surface area contributed by atoms with Gasteiger partial charge in [0.05, 0.1) is 13.2 Å². The minimum Gasteiger partial charge on any atom is -0.468 e. The van der Waals surface area contributed by atoms with Crippen molar-refractivity contribution < 1.29 is 14.0 Å². The Labute approximate surface area is 137 Å². The van der Waals surface area contributed by atoms with Gasteiger partial charge in [0.2, 0.25) is 0 Å². The predicted octanol–water partition coefficient (Wildman–Crippen LogP) is 3.99. The Hall–Kier alpha value is -0.836. The number of methoxy groups -OCH3 is 1. The van der Waals surface area contributed by atoms with Crippen LogP contribution in [0.15, 0.2) is 11.6 Å². The second-order valence-corrected chi connectivity index (χ2v) is 17.3. The second-order valence-electron chi connectivity index (χ2n) is 8.13. The lowest BCUT2D eigenvalue weighted by atomic mass is 9.73. The largest absolute Gasteiger partial charge is 0.468 e. The van der Waals surface area contributed by atoms with Gasteiger partial charge in [0.25, 0.3) is 0 Å². The van der Waals surface area contributed by atoms with Crippen LogP contribution in [0.2, 0.25) is 39.3 Å². The van der Waals surface area contributed by atoms with Gasteiger partial charge in [0.15, 0.2) is 13.7 Å². The Morgan fingerprint density at radius 1 is 1.27 bits per heavy atom. The van der Waals surface area contributed by atoms with Crippen molar-refractivity contribution in [1.82, 2.24) is 0 Å². The molecule has 0 heterocycles. The molecule has 0 N–H and O–H groups in total. The highest BCUT2D eigenvalue weighted by Gasteiger charge is 2.48. The van der Waals surface area contributed by atoms with Crippen LogP contribution in [0.4, 0.5) is 0 Å². The molecule has 1 aliphatic rings. The first-order chi connectivity index (χ1) is 9.89. The summed E-state index contributed by atoms with van der Waals surface area (Å²) in [5, 5.41) is 0. The first kappa shape index (κ1) is 19.2. The van der Waals surface area contributed by atoms with Gasteiger partial charge in [-0.2, -0.15) is 0 Å². The van der Waals surface area contributed by atoms with Crippen LogP contribution in [0.1, 0.15) is 19.8 Å². The van der Waals surface area contributed by atoms with E-state index in [4.69, 9.17) is 9.16 Å². The van der Waals surface area contributed by atoms with Crippen molar-refractivity contribution in [3.63, 3.8) is 0 Å². The molecule has 22 heavy (non-hydrogen) atoms. The molecule has 0 fully saturated rings. The van der Waals surface area contributed by atoms with Crippen molar-refractivity contribution in [2.24, 2.45) is 5.41 Å². The molecule has 0 bridgehead atoms. The third-order valence-corrected chi connectivity index (χ3v) is 5.36. The van der Waals surface area contributed by atoms with Gasteiger partial charge in [0, 0.05) is 0 Å². The number of hydrogen-bond acceptors (Lipinski definition) is 3. The highest BCUT2D eigenvalue weighted by atomic mass is 28.4. The van der Waals surface area contributed by atoms with Crippen LogP contribution in [-0.4, -0.2) is 35.6 Å². The number of carbonyl (C=O) groups is 1. The first-order valence-corrected chi connectivity index (χ1v) is 14.8. The molecule has 1 aliphatic carbocycles. The van der Waals surface area contributed by atoms with E-state index < -0.39 is 21.8 Å². The first-order valence-electron chi connectivity index (χ1n) is 7.87. The van der Waals surface area contributed by atoms with Gasteiger partial charge in [-0.1, -0.05) is 37.2 Å². The molecule has 5 heteroatoms. The SMILES string of the molecule is COC(=O)[C@]1(C#C[Si](C)(C)C)CCC(C)=C[C@@H]1O[Si](C)(C)C. The Bertz CT molecular complexity index is 515. The van der Waals surface area contributed by atoms with Crippen LogP contribution in [0.5, 0.6) is 0 Å². The van der Waals surface area contributed by atoms with E-state index in [0.29, 0.717) is 6.42 Å². The molecule has 0 aromatic heterocycles. The van der Waals surface area contributed by atoms with Gasteiger partial charge >= 0.3 is 5.97 Å². The molecule has 3 nitrogen and oxygen atoms in total. The van der Waals surface area contributed by atoms with Gasteiger partial charge in [-0.25, -0.2) is 0 Å². The Morgan fingerprint density at radius 2 is 1.86 bits per heavy atom. The maximum atomic E-state index is 12.6. The van der Waals surface area contributed by atoms with Gasteiger partial charge in [-0.15, -0.1) is 5.54 Å². The molecule has 0 saturated heterocycles. The van der Waals surface area contributed by atoms with Gasteiger partial charge in [-0.05, 0) is 39.4 Å². The number of allylic oxidation sites excluding steroid dienone is 1. The highest BCUT2D eigenvalue weighted by molar-refractivity contribution is 6.83. The average Bonchev–Trinajstić information content (AvgIpc) is 2.34. The van der Waals surface area contributed by atoms with Crippen molar-refractivity contribution in [1.29, 1.82) is 0 Å². The number of carbonyl (C=O) groups excluding carboxylic acids is 1. The smallest absolute Gasteiger partial charge is 0.326 e. The molecule has 0 saturated carbocycles. The van der Waals surface area contributed by atoms with Crippen LogP contribution < -0.4 is 0 Å². The predicted molar refractivity (Wildman–Crippen MR) is 96.8 cm³/mol. The second kappa shape index (κ2) is 6.73. The standard InChI is InChI=1S/C17H30O3Si2/c1-14-9-10-17(16(18)19-2,11-12-21(3,4)5)15(13-14)20-22(6,7)8/h13,15H,9-10H2,1-8H3/t15-,17-/m0/s1. The minimum absolute atomic E-state index is 0.259. The number of esters is 1. The van der Waals surface area contributed by atoms with Crippen molar-refractivity contribution in [2.45, 2.75) is 65.2 Å². The molecule has 0 amide bonds. The molecule has 0 spiro atoms. The number of rotatable bonds is 3. The van der Waals surface area contributed by atoms with Crippen molar-refractivity contribution in [3.8, 4) is 11.5 Å². The van der Waals surface area contributed by atoms with E-state index in [1.54, 1.807) is 0 Å². The van der Waals surface area contributed by atoms with Gasteiger partial charge < -0.3 is 9.16 Å². The zero-order valence-corrected chi connectivity index (χ0v) is 17.3. The van der Waals surface area contributed by atoms with Crippen molar-refractivity contribution >= 4 is 22.4 Å². The molecular weight excluding hydrogens is 308 g/mol. The molecule has 0 radical (unpaired) electrons. The lowest BCUT2D eigenvalue weighted by Crippen LogP contribution is -2.49. The summed E-state index contributed by atoms with van der Waals surface area (Å²) < 4.78 is 11.4. The molecule has 0 aromatic carbocycles. The zero-order valence-electron chi connectivity index (χ0n) is 15.3. The lowest BCUT2D eigenvalue weighted by molar-refractivity contribution is -0.153. The molecule has 0 unspecified atom stereocenters. The van der Waals surface area contributed by atoms with Crippen LogP contribution in [0.3, 0.4) is 0 Å². The summed E-state index contributed by atoms with van der Waals surface area (Å²) in [4.78, 5) is 12.6. The van der Waals surface area contributed by atoms with Crippen LogP contribution >= 0.6 is 0 Å². The van der Waals surface area contributed by atoms with E-state index in [9.17, 15) is 4.79 Å². The fourth-order valence-electron chi connectivity index (χ4n) is 2.42. The number of hydrogen-bond donors (Lipinski definition) is 0. The maximum Gasteiger partial charge on any atom is 0.326 e. The molecular formula is C17H30O3Si2. The summed E-state index contributed by atoms with van der Waals surface area (Å²) >= 11 is 0. The molecule has 0 aliphatic heterocycles. The monoisotopic (exact) mass is 338 g/mol. The van der Waals surface area contributed by atoms with E-state index in [1.807, 2.05) is 0 Å². The molecule has 124 valence electrons. The van der Waals surface area contributed by atoms with Crippen LogP contribution in [-0.2, 0) is 14.0 Å². The van der Waals surface area contributed by atoms with E-state index in [1.165, 1.54) is 12.7 Å². The molecule has 0 aromatic rings. The quantitative estimate of drug-likeness (QED) is 0.338. The van der Waals surface area contributed by atoms with E-state index in [0.717, 1.165) is 6.42 Å². The Morgan fingerprint density at radius 3 is 2.32 bits per heavy atom. The third kappa shape index (κ3) is 5.11. The Kier molecular flexibility index (Phi) is 5.88. The van der Waals surface area contributed by atoms with Gasteiger partial charge in [0.1, 0.15) is 8.07 Å². The topological polar surface area (TPSA) is 35.5 Å². The highest BCUT2D eigenvalue weighted by Crippen LogP contribution is 2.39. The zero-order chi connectivity index (χ0) is 17.2. The lowest BCUT2D eigenvalue weighted by Gasteiger charge is -2.39. The van der Waals surface area contributed by atoms with E-state index in [-0.39, 0.29) is 12.1 Å². The van der Waals surface area contributed by atoms with Crippen molar-refractivity contribution in [3.05, 3.63) is 11.6 Å². The third-order valence-electron chi connectivity index (χ3n) is 3.53. The van der Waals surface area contributed by atoms with Crippen molar-refractivity contribution in [2.75, 3.05) is 7.11 Å². The summed E-state index contributed by atoms with van der Waals surface area (Å²) in [6, 6.07) is 0. The van der Waals surface area contributed by atoms with Crippen LogP contribution in [0, 0.1) is 16.9 Å². The van der Waals surface area contributed by atoms with Crippen LogP contribution in [0.25, 0.3) is 0 Å². The summed E-state index contributed by atoms with van der Waals surface area (Å²) in [5.74, 6) is 3.05. The maximum absolute atomic E-state index is 12.6. The summed E-state index contributed by atoms with van der Waals surface area (Å²) in [5.41, 5.74) is 3.78. The summed E-state index contributed by atoms with van der Waals surface area (Å²) in [7, 11) is -1.95. The molecule has 1 rings (SSSR count). The van der Waals surface area contributed by atoms with Gasteiger partial charge in [-0.3, -0.25) is 4.79 Å². The van der Waals surface area contributed by atoms with E-state index >= 15 is 0 Å². The fourth-order valence-corrected chi connectivity index (χ4v) is 4.05. The number of ether oxygens (including phenoxy) is 1. The minimum atomic E-state index is -1.81. The average molecular weight is 339 g/mol. The fraction of sp³-hybridized carbons (Fsp3) is 0.706. The molecule has 2 atom stereocenters. The van der Waals surface area contributed by atoms with E-state index in [2.05, 4.69) is 63.7 Å².